The lowest BCUT2D eigenvalue weighted by Crippen LogP contribution is -2.38. The van der Waals surface area contributed by atoms with Crippen LogP contribution in [-0.2, 0) is 4.79 Å². The fraction of sp³-hybridized carbons (Fsp3) is 0.579. The first kappa shape index (κ1) is 20.4. The Morgan fingerprint density at radius 3 is 2.35 bits per heavy atom. The van der Waals surface area contributed by atoms with Crippen molar-refractivity contribution in [2.75, 3.05) is 18.8 Å². The van der Waals surface area contributed by atoms with Crippen LogP contribution in [0.3, 0.4) is 0 Å². The van der Waals surface area contributed by atoms with Crippen molar-refractivity contribution in [2.45, 2.75) is 46.7 Å². The molecule has 0 fully saturated rings. The minimum Gasteiger partial charge on any atom is -0.341 e. The van der Waals surface area contributed by atoms with Gasteiger partial charge in [0.1, 0.15) is 0 Å². The Morgan fingerprint density at radius 1 is 1.12 bits per heavy atom. The Morgan fingerprint density at radius 2 is 1.77 bits per heavy atom. The molecular weight excluding hydrogens is 346 g/mol. The third-order valence-electron chi connectivity index (χ3n) is 4.02. The maximum Gasteiger partial charge on any atom is 0.233 e. The van der Waals surface area contributed by atoms with Crippen LogP contribution in [0.2, 0.25) is 0 Å². The van der Waals surface area contributed by atoms with Crippen molar-refractivity contribution in [1.29, 1.82) is 0 Å². The molecule has 1 heterocycles. The van der Waals surface area contributed by atoms with Gasteiger partial charge in [0.15, 0.2) is 0 Å². The molecule has 0 saturated heterocycles. The van der Waals surface area contributed by atoms with Crippen molar-refractivity contribution < 1.29 is 4.79 Å². The molecule has 2 rings (SSSR count). The summed E-state index contributed by atoms with van der Waals surface area (Å²) in [7, 11) is 0. The first-order chi connectivity index (χ1) is 12.3. The largest absolute Gasteiger partial charge is 0.341 e. The lowest BCUT2D eigenvalue weighted by Gasteiger charge is -2.26. The van der Waals surface area contributed by atoms with Crippen LogP contribution >= 0.6 is 11.8 Å². The molecule has 0 N–H and O–H groups in total. The third kappa shape index (κ3) is 5.56. The van der Waals surface area contributed by atoms with Gasteiger partial charge < -0.3 is 4.90 Å². The number of nitrogens with zero attached hydrogens (tertiary/aromatic N) is 5. The first-order valence-electron chi connectivity index (χ1n) is 9.04. The van der Waals surface area contributed by atoms with Gasteiger partial charge in [-0.15, -0.1) is 5.10 Å². The van der Waals surface area contributed by atoms with Crippen LogP contribution in [0.4, 0.5) is 0 Å². The second-order valence-corrected chi connectivity index (χ2v) is 8.46. The van der Waals surface area contributed by atoms with E-state index in [2.05, 4.69) is 69.2 Å². The van der Waals surface area contributed by atoms with E-state index in [0.717, 1.165) is 18.8 Å². The molecule has 0 saturated carbocycles. The molecule has 6 nitrogen and oxygen atoms in total. The van der Waals surface area contributed by atoms with Crippen LogP contribution in [0.25, 0.3) is 5.69 Å². The van der Waals surface area contributed by atoms with E-state index < -0.39 is 0 Å². The minimum atomic E-state index is 0.132. The number of carbonyl (C=O) groups is 1. The molecule has 1 aromatic carbocycles. The van der Waals surface area contributed by atoms with Crippen LogP contribution in [0.5, 0.6) is 0 Å². The summed E-state index contributed by atoms with van der Waals surface area (Å²) in [5, 5.41) is 12.6. The molecular formula is C19H29N5OS. The van der Waals surface area contributed by atoms with E-state index in [1.807, 2.05) is 11.0 Å². The SMILES string of the molecule is Cc1ccc(-n2nnnc2SCC(=O)N(CC(C)C)CC(C)C)cc1C. The highest BCUT2D eigenvalue weighted by Crippen LogP contribution is 2.21. The van der Waals surface area contributed by atoms with Crippen LogP contribution in [-0.4, -0.2) is 49.9 Å². The number of carbonyl (C=O) groups excluding carboxylic acids is 1. The van der Waals surface area contributed by atoms with Gasteiger partial charge in [0.2, 0.25) is 11.1 Å². The molecule has 0 unspecified atom stereocenters. The van der Waals surface area contributed by atoms with Gasteiger partial charge in [-0.05, 0) is 59.4 Å². The topological polar surface area (TPSA) is 63.9 Å². The number of hydrogen-bond acceptors (Lipinski definition) is 5. The van der Waals surface area contributed by atoms with Crippen molar-refractivity contribution in [3.8, 4) is 5.69 Å². The second-order valence-electron chi connectivity index (χ2n) is 7.52. The van der Waals surface area contributed by atoms with Gasteiger partial charge in [0, 0.05) is 13.1 Å². The maximum atomic E-state index is 12.7. The molecule has 0 aliphatic heterocycles. The van der Waals surface area contributed by atoms with Crippen LogP contribution in [0.15, 0.2) is 23.4 Å². The zero-order valence-electron chi connectivity index (χ0n) is 16.6. The molecule has 142 valence electrons. The highest BCUT2D eigenvalue weighted by atomic mass is 32.2. The molecule has 1 aromatic heterocycles. The molecule has 7 heteroatoms. The van der Waals surface area contributed by atoms with Crippen molar-refractivity contribution in [1.82, 2.24) is 25.1 Å². The van der Waals surface area contributed by atoms with Crippen molar-refractivity contribution >= 4 is 17.7 Å². The number of aryl methyl sites for hydroxylation is 2. The van der Waals surface area contributed by atoms with E-state index in [1.54, 1.807) is 4.68 Å². The zero-order valence-corrected chi connectivity index (χ0v) is 17.4. The Balaban J connectivity index is 2.08. The summed E-state index contributed by atoms with van der Waals surface area (Å²) in [5.74, 6) is 1.36. The fourth-order valence-corrected chi connectivity index (χ4v) is 3.46. The number of thioether (sulfide) groups is 1. The number of benzene rings is 1. The first-order valence-corrected chi connectivity index (χ1v) is 10.0. The third-order valence-corrected chi connectivity index (χ3v) is 4.93. The van der Waals surface area contributed by atoms with Gasteiger partial charge in [-0.3, -0.25) is 4.79 Å². The van der Waals surface area contributed by atoms with Gasteiger partial charge in [0.05, 0.1) is 11.4 Å². The van der Waals surface area contributed by atoms with E-state index in [1.165, 1.54) is 22.9 Å². The summed E-state index contributed by atoms with van der Waals surface area (Å²) in [5.41, 5.74) is 3.32. The standard InChI is InChI=1S/C19H29N5OS/c1-13(2)10-23(11-14(3)4)18(25)12-26-19-20-21-22-24(19)17-8-7-15(5)16(6)9-17/h7-9,13-14H,10-12H2,1-6H3. The van der Waals surface area contributed by atoms with Crippen molar-refractivity contribution in [2.24, 2.45) is 11.8 Å². The summed E-state index contributed by atoms with van der Waals surface area (Å²) in [6.07, 6.45) is 0. The predicted octanol–water partition coefficient (Wildman–Crippen LogP) is 3.51. The smallest absolute Gasteiger partial charge is 0.233 e. The number of hydrogen-bond donors (Lipinski definition) is 0. The molecule has 0 atom stereocenters. The molecule has 0 aliphatic carbocycles. The number of amides is 1. The van der Waals surface area contributed by atoms with Gasteiger partial charge >= 0.3 is 0 Å². The normalized spacial score (nSPS) is 11.4. The van der Waals surface area contributed by atoms with E-state index in [4.69, 9.17) is 0 Å². The Bertz CT molecular complexity index is 731. The van der Waals surface area contributed by atoms with Gasteiger partial charge in [-0.25, -0.2) is 0 Å². The number of aromatic nitrogens is 4. The lowest BCUT2D eigenvalue weighted by atomic mass is 10.1. The molecule has 0 aliphatic rings. The summed E-state index contributed by atoms with van der Waals surface area (Å²) in [4.78, 5) is 14.6. The van der Waals surface area contributed by atoms with Gasteiger partial charge in [-0.2, -0.15) is 4.68 Å². The average Bonchev–Trinajstić information content (AvgIpc) is 3.02. The monoisotopic (exact) mass is 375 g/mol. The van der Waals surface area contributed by atoms with Crippen LogP contribution in [0, 0.1) is 25.7 Å². The van der Waals surface area contributed by atoms with E-state index in [-0.39, 0.29) is 5.91 Å². The second kappa shape index (κ2) is 9.16. The average molecular weight is 376 g/mol. The highest BCUT2D eigenvalue weighted by molar-refractivity contribution is 7.99. The Labute approximate surface area is 160 Å². The van der Waals surface area contributed by atoms with Crippen molar-refractivity contribution in [3.05, 3.63) is 29.3 Å². The van der Waals surface area contributed by atoms with E-state index in [9.17, 15) is 4.79 Å². The minimum absolute atomic E-state index is 0.132. The van der Waals surface area contributed by atoms with E-state index in [0.29, 0.717) is 22.7 Å². The molecule has 0 radical (unpaired) electrons. The number of tetrazole rings is 1. The van der Waals surface area contributed by atoms with E-state index >= 15 is 0 Å². The summed E-state index contributed by atoms with van der Waals surface area (Å²) in [6.45, 7) is 14.2. The summed E-state index contributed by atoms with van der Waals surface area (Å²) < 4.78 is 1.69. The zero-order chi connectivity index (χ0) is 19.3. The quantitative estimate of drug-likeness (QED) is 0.661. The van der Waals surface area contributed by atoms with Gasteiger partial charge in [0.25, 0.3) is 0 Å². The number of rotatable bonds is 8. The summed E-state index contributed by atoms with van der Waals surface area (Å²) in [6, 6.07) is 6.11. The lowest BCUT2D eigenvalue weighted by molar-refractivity contribution is -0.129. The molecule has 26 heavy (non-hydrogen) atoms. The van der Waals surface area contributed by atoms with Crippen LogP contribution in [0.1, 0.15) is 38.8 Å². The van der Waals surface area contributed by atoms with Gasteiger partial charge in [-0.1, -0.05) is 45.5 Å². The molecule has 1 amide bonds. The van der Waals surface area contributed by atoms with Crippen molar-refractivity contribution in [3.63, 3.8) is 0 Å². The van der Waals surface area contributed by atoms with Crippen LogP contribution < -0.4 is 0 Å². The highest BCUT2D eigenvalue weighted by Gasteiger charge is 2.18. The Kier molecular flexibility index (Phi) is 7.20. The molecule has 2 aromatic rings. The Hall–Kier alpha value is -1.89. The summed E-state index contributed by atoms with van der Waals surface area (Å²) >= 11 is 1.38. The maximum absolute atomic E-state index is 12.7. The fourth-order valence-electron chi connectivity index (χ4n) is 2.67. The molecule has 0 bridgehead atoms. The molecule has 0 spiro atoms. The predicted molar refractivity (Wildman–Crippen MR) is 106 cm³/mol.